The summed E-state index contributed by atoms with van der Waals surface area (Å²) in [4.78, 5) is 0. The van der Waals surface area contributed by atoms with Crippen molar-refractivity contribution < 1.29 is 4.74 Å². The molecule has 1 rings (SSSR count). The minimum absolute atomic E-state index is 0.766. The highest BCUT2D eigenvalue weighted by atomic mass is 16.5. The van der Waals surface area contributed by atoms with Crippen molar-refractivity contribution >= 4 is 0 Å². The Bertz CT molecular complexity index is 294. The summed E-state index contributed by atoms with van der Waals surface area (Å²) in [5, 5.41) is 3.35. The van der Waals surface area contributed by atoms with Gasteiger partial charge in [-0.2, -0.15) is 0 Å². The van der Waals surface area contributed by atoms with Gasteiger partial charge >= 0.3 is 0 Å². The molecule has 0 aliphatic carbocycles. The van der Waals surface area contributed by atoms with Crippen molar-refractivity contribution in [3.63, 3.8) is 0 Å². The number of hydrogen-bond acceptors (Lipinski definition) is 2. The second kappa shape index (κ2) is 8.13. The fourth-order valence-electron chi connectivity index (χ4n) is 1.44. The Hall–Kier alpha value is -1.06. The summed E-state index contributed by atoms with van der Waals surface area (Å²) < 4.78 is 7.58. The molecule has 0 aliphatic rings. The van der Waals surface area contributed by atoms with Gasteiger partial charge in [0.2, 0.25) is 0 Å². The lowest BCUT2D eigenvalue weighted by Crippen LogP contribution is -2.19. The van der Waals surface area contributed by atoms with Crippen molar-refractivity contribution in [1.29, 1.82) is 0 Å². The molecule has 0 aliphatic heterocycles. The normalized spacial score (nSPS) is 10.6. The highest BCUT2D eigenvalue weighted by Crippen LogP contribution is 2.00. The van der Waals surface area contributed by atoms with Crippen LogP contribution in [0, 0.1) is 0 Å². The highest BCUT2D eigenvalue weighted by molar-refractivity contribution is 5.09. The fourth-order valence-corrected chi connectivity index (χ4v) is 1.44. The molecule has 0 aromatic carbocycles. The third-order valence-electron chi connectivity index (χ3n) is 2.40. The van der Waals surface area contributed by atoms with Gasteiger partial charge in [-0.15, -0.1) is 6.58 Å². The summed E-state index contributed by atoms with van der Waals surface area (Å²) in [6.07, 6.45) is 7.09. The second-order valence-electron chi connectivity index (χ2n) is 3.72. The molecular weight excluding hydrogens is 200 g/mol. The molecule has 0 bridgehead atoms. The lowest BCUT2D eigenvalue weighted by Gasteiger charge is -2.04. The van der Waals surface area contributed by atoms with Gasteiger partial charge in [-0.05, 0) is 25.0 Å². The Balaban J connectivity index is 2.00. The fraction of sp³-hybridized carbons (Fsp3) is 0.538. The van der Waals surface area contributed by atoms with Gasteiger partial charge < -0.3 is 14.6 Å². The number of aromatic nitrogens is 1. The second-order valence-corrected chi connectivity index (χ2v) is 3.72. The zero-order valence-corrected chi connectivity index (χ0v) is 10.1. The van der Waals surface area contributed by atoms with Crippen LogP contribution in [0.25, 0.3) is 0 Å². The zero-order chi connectivity index (χ0) is 11.6. The molecule has 0 fully saturated rings. The molecule has 0 spiro atoms. The number of ether oxygens (including phenoxy) is 1. The molecule has 1 heterocycles. The van der Waals surface area contributed by atoms with E-state index >= 15 is 0 Å². The van der Waals surface area contributed by atoms with Gasteiger partial charge in [-0.1, -0.05) is 6.08 Å². The first kappa shape index (κ1) is 13.0. The Morgan fingerprint density at radius 3 is 3.06 bits per heavy atom. The summed E-state index contributed by atoms with van der Waals surface area (Å²) in [6.45, 7) is 10.2. The zero-order valence-electron chi connectivity index (χ0n) is 10.1. The largest absolute Gasteiger partial charge is 0.380 e. The van der Waals surface area contributed by atoms with Crippen molar-refractivity contribution in [2.24, 2.45) is 0 Å². The molecule has 16 heavy (non-hydrogen) atoms. The van der Waals surface area contributed by atoms with Crippen LogP contribution in [-0.4, -0.2) is 24.3 Å². The van der Waals surface area contributed by atoms with Crippen molar-refractivity contribution in [3.05, 3.63) is 36.7 Å². The van der Waals surface area contributed by atoms with Crippen LogP contribution < -0.4 is 5.32 Å². The van der Waals surface area contributed by atoms with E-state index in [0.29, 0.717) is 0 Å². The van der Waals surface area contributed by atoms with E-state index in [1.165, 1.54) is 5.56 Å². The lowest BCUT2D eigenvalue weighted by molar-refractivity contribution is 0.140. The van der Waals surface area contributed by atoms with Crippen LogP contribution in [-0.2, 0) is 17.8 Å². The Morgan fingerprint density at radius 1 is 1.50 bits per heavy atom. The molecular formula is C13H22N2O. The monoisotopic (exact) mass is 222 g/mol. The average Bonchev–Trinajstić information content (AvgIpc) is 2.76. The summed E-state index contributed by atoms with van der Waals surface area (Å²) >= 11 is 0. The summed E-state index contributed by atoms with van der Waals surface area (Å²) in [6, 6.07) is 2.15. The van der Waals surface area contributed by atoms with Crippen molar-refractivity contribution in [2.45, 2.75) is 26.4 Å². The van der Waals surface area contributed by atoms with Crippen molar-refractivity contribution in [3.8, 4) is 0 Å². The van der Waals surface area contributed by atoms with Gasteiger partial charge in [-0.25, -0.2) is 0 Å². The van der Waals surface area contributed by atoms with Crippen LogP contribution in [0.5, 0.6) is 0 Å². The van der Waals surface area contributed by atoms with Crippen LogP contribution in [0.15, 0.2) is 31.1 Å². The maximum absolute atomic E-state index is 5.40. The first-order valence-corrected chi connectivity index (χ1v) is 5.90. The van der Waals surface area contributed by atoms with Crippen molar-refractivity contribution in [2.75, 3.05) is 19.8 Å². The summed E-state index contributed by atoms with van der Waals surface area (Å²) in [7, 11) is 0. The Morgan fingerprint density at radius 2 is 2.38 bits per heavy atom. The third kappa shape index (κ3) is 5.14. The van der Waals surface area contributed by atoms with E-state index in [1.807, 2.05) is 6.08 Å². The molecule has 0 unspecified atom stereocenters. The first-order valence-electron chi connectivity index (χ1n) is 5.90. The SMILES string of the molecule is C=CCCOCCNCc1ccn(CC)c1. The maximum atomic E-state index is 5.40. The molecule has 0 radical (unpaired) electrons. The van der Waals surface area contributed by atoms with Crippen LogP contribution >= 0.6 is 0 Å². The Labute approximate surface area is 98.1 Å². The standard InChI is InChI=1S/C13H22N2O/c1-3-5-9-16-10-7-14-11-13-6-8-15(4-2)12-13/h3,6,8,12,14H,1,4-5,7,9-11H2,2H3. The molecule has 0 amide bonds. The number of nitrogens with one attached hydrogen (secondary N) is 1. The van der Waals surface area contributed by atoms with Gasteiger partial charge in [0.25, 0.3) is 0 Å². The van der Waals surface area contributed by atoms with E-state index in [1.54, 1.807) is 0 Å². The van der Waals surface area contributed by atoms with Gasteiger partial charge in [-0.3, -0.25) is 0 Å². The average molecular weight is 222 g/mol. The molecule has 3 nitrogen and oxygen atoms in total. The van der Waals surface area contributed by atoms with E-state index in [0.717, 1.165) is 39.3 Å². The van der Waals surface area contributed by atoms with E-state index in [4.69, 9.17) is 4.74 Å². The van der Waals surface area contributed by atoms with Crippen LogP contribution in [0.2, 0.25) is 0 Å². The van der Waals surface area contributed by atoms with Crippen LogP contribution in [0.3, 0.4) is 0 Å². The molecule has 1 aromatic heterocycles. The van der Waals surface area contributed by atoms with Crippen LogP contribution in [0.1, 0.15) is 18.9 Å². The molecule has 0 atom stereocenters. The van der Waals surface area contributed by atoms with E-state index < -0.39 is 0 Å². The number of aryl methyl sites for hydroxylation is 1. The van der Waals surface area contributed by atoms with Crippen molar-refractivity contribution in [1.82, 2.24) is 9.88 Å². The molecule has 1 N–H and O–H groups in total. The van der Waals surface area contributed by atoms with Gasteiger partial charge in [0, 0.05) is 32.0 Å². The van der Waals surface area contributed by atoms with E-state index in [-0.39, 0.29) is 0 Å². The van der Waals surface area contributed by atoms with E-state index in [2.05, 4.69) is 41.8 Å². The van der Waals surface area contributed by atoms with Gasteiger partial charge in [0.1, 0.15) is 0 Å². The maximum Gasteiger partial charge on any atom is 0.0591 e. The predicted molar refractivity (Wildman–Crippen MR) is 67.4 cm³/mol. The summed E-state index contributed by atoms with van der Waals surface area (Å²) in [5.41, 5.74) is 1.33. The van der Waals surface area contributed by atoms with Gasteiger partial charge in [0.05, 0.1) is 13.2 Å². The number of nitrogens with zero attached hydrogens (tertiary/aromatic N) is 1. The predicted octanol–water partition coefficient (Wildman–Crippen LogP) is 2.19. The minimum atomic E-state index is 0.766. The highest BCUT2D eigenvalue weighted by Gasteiger charge is 1.94. The topological polar surface area (TPSA) is 26.2 Å². The number of rotatable bonds is 9. The Kier molecular flexibility index (Phi) is 6.61. The lowest BCUT2D eigenvalue weighted by atomic mass is 10.3. The smallest absolute Gasteiger partial charge is 0.0591 e. The van der Waals surface area contributed by atoms with E-state index in [9.17, 15) is 0 Å². The molecule has 1 aromatic rings. The molecule has 0 saturated heterocycles. The molecule has 90 valence electrons. The number of hydrogen-bond donors (Lipinski definition) is 1. The third-order valence-corrected chi connectivity index (χ3v) is 2.40. The first-order chi connectivity index (χ1) is 7.86. The quantitative estimate of drug-likeness (QED) is 0.512. The molecule has 3 heteroatoms. The molecule has 0 saturated carbocycles. The summed E-state index contributed by atoms with van der Waals surface area (Å²) in [5.74, 6) is 0. The van der Waals surface area contributed by atoms with Crippen LogP contribution in [0.4, 0.5) is 0 Å². The van der Waals surface area contributed by atoms with Gasteiger partial charge in [0.15, 0.2) is 0 Å². The minimum Gasteiger partial charge on any atom is -0.380 e.